The molecule has 2 aromatic heterocycles. The van der Waals surface area contributed by atoms with Crippen molar-refractivity contribution in [1.82, 2.24) is 15.3 Å². The summed E-state index contributed by atoms with van der Waals surface area (Å²) in [7, 11) is 1.66. The summed E-state index contributed by atoms with van der Waals surface area (Å²) in [6.07, 6.45) is 6.62. The van der Waals surface area contributed by atoms with Gasteiger partial charge in [-0.3, -0.25) is 9.78 Å². The number of thiazole rings is 1. The van der Waals surface area contributed by atoms with Gasteiger partial charge in [-0.25, -0.2) is 4.98 Å². The molecule has 0 aromatic carbocycles. The summed E-state index contributed by atoms with van der Waals surface area (Å²) >= 11 is 1.62. The van der Waals surface area contributed by atoms with Crippen molar-refractivity contribution in [2.45, 2.75) is 25.7 Å². The lowest BCUT2D eigenvalue weighted by Gasteiger charge is -2.03. The number of amides is 1. The topological polar surface area (TPSA) is 64.1 Å². The number of methoxy groups -OCH3 is 1. The Morgan fingerprint density at radius 2 is 2.14 bits per heavy atom. The molecule has 118 valence electrons. The SMILES string of the molecule is COCCCNC(=O)Cc1csc(CCc2ccncc2)n1. The van der Waals surface area contributed by atoms with Gasteiger partial charge in [0.25, 0.3) is 0 Å². The van der Waals surface area contributed by atoms with Gasteiger partial charge in [0.1, 0.15) is 0 Å². The van der Waals surface area contributed by atoms with Gasteiger partial charge in [0.15, 0.2) is 0 Å². The third-order valence-corrected chi connectivity index (χ3v) is 4.12. The minimum atomic E-state index is 0.0158. The Bertz CT molecular complexity index is 572. The number of nitrogens with one attached hydrogen (secondary N) is 1. The molecule has 22 heavy (non-hydrogen) atoms. The van der Waals surface area contributed by atoms with Crippen LogP contribution in [-0.4, -0.2) is 36.1 Å². The van der Waals surface area contributed by atoms with Crippen molar-refractivity contribution >= 4 is 17.2 Å². The molecule has 5 nitrogen and oxygen atoms in total. The maximum Gasteiger partial charge on any atom is 0.226 e. The van der Waals surface area contributed by atoms with Gasteiger partial charge < -0.3 is 10.1 Å². The molecule has 0 radical (unpaired) electrons. The van der Waals surface area contributed by atoms with Gasteiger partial charge in [0.2, 0.25) is 5.91 Å². The van der Waals surface area contributed by atoms with E-state index in [9.17, 15) is 4.79 Å². The lowest BCUT2D eigenvalue weighted by molar-refractivity contribution is -0.120. The largest absolute Gasteiger partial charge is 0.385 e. The highest BCUT2D eigenvalue weighted by atomic mass is 32.1. The van der Waals surface area contributed by atoms with E-state index in [0.717, 1.165) is 30.0 Å². The first kappa shape index (κ1) is 16.6. The monoisotopic (exact) mass is 319 g/mol. The van der Waals surface area contributed by atoms with Crippen molar-refractivity contribution in [2.75, 3.05) is 20.3 Å². The Labute approximate surface area is 134 Å². The zero-order chi connectivity index (χ0) is 15.6. The fourth-order valence-corrected chi connectivity index (χ4v) is 2.81. The Morgan fingerprint density at radius 3 is 2.91 bits per heavy atom. The molecule has 2 aromatic rings. The molecule has 0 aliphatic heterocycles. The number of rotatable bonds is 9. The molecular formula is C16H21N3O2S. The second kappa shape index (κ2) is 9.27. The van der Waals surface area contributed by atoms with E-state index in [1.807, 2.05) is 17.5 Å². The molecule has 0 bridgehead atoms. The molecule has 0 saturated heterocycles. The summed E-state index contributed by atoms with van der Waals surface area (Å²) in [4.78, 5) is 20.3. The number of carbonyl (C=O) groups is 1. The highest BCUT2D eigenvalue weighted by Gasteiger charge is 2.07. The quantitative estimate of drug-likeness (QED) is 0.718. The fraction of sp³-hybridized carbons (Fsp3) is 0.438. The average molecular weight is 319 g/mol. The van der Waals surface area contributed by atoms with Crippen molar-refractivity contribution in [3.8, 4) is 0 Å². The fourth-order valence-electron chi connectivity index (χ4n) is 2.02. The molecule has 1 N–H and O–H groups in total. The van der Waals surface area contributed by atoms with Crippen LogP contribution in [0.4, 0.5) is 0 Å². The van der Waals surface area contributed by atoms with E-state index in [2.05, 4.69) is 15.3 Å². The highest BCUT2D eigenvalue weighted by Crippen LogP contribution is 2.13. The second-order valence-corrected chi connectivity index (χ2v) is 5.90. The van der Waals surface area contributed by atoms with Gasteiger partial charge in [0, 0.05) is 44.5 Å². The van der Waals surface area contributed by atoms with Crippen LogP contribution in [-0.2, 0) is 28.8 Å². The number of aryl methyl sites for hydroxylation is 2. The number of ether oxygens (including phenoxy) is 1. The van der Waals surface area contributed by atoms with Gasteiger partial charge in [0.05, 0.1) is 17.1 Å². The zero-order valence-corrected chi connectivity index (χ0v) is 13.6. The van der Waals surface area contributed by atoms with Crippen LogP contribution in [0.1, 0.15) is 22.7 Å². The lowest BCUT2D eigenvalue weighted by Crippen LogP contribution is -2.26. The highest BCUT2D eigenvalue weighted by molar-refractivity contribution is 7.09. The Kier molecular flexibility index (Phi) is 6.99. The van der Waals surface area contributed by atoms with Crippen LogP contribution in [0.2, 0.25) is 0 Å². The third-order valence-electron chi connectivity index (χ3n) is 3.17. The van der Waals surface area contributed by atoms with E-state index < -0.39 is 0 Å². The van der Waals surface area contributed by atoms with Crippen LogP contribution in [0.3, 0.4) is 0 Å². The Hall–Kier alpha value is -1.79. The van der Waals surface area contributed by atoms with Gasteiger partial charge in [-0.1, -0.05) is 0 Å². The summed E-state index contributed by atoms with van der Waals surface area (Å²) in [5, 5.41) is 5.91. The summed E-state index contributed by atoms with van der Waals surface area (Å²) < 4.78 is 4.94. The van der Waals surface area contributed by atoms with E-state index in [1.54, 1.807) is 30.8 Å². The molecule has 1 amide bonds. The van der Waals surface area contributed by atoms with Crippen molar-refractivity contribution in [3.05, 3.63) is 46.2 Å². The van der Waals surface area contributed by atoms with E-state index in [0.29, 0.717) is 19.6 Å². The molecule has 6 heteroatoms. The normalized spacial score (nSPS) is 10.6. The number of pyridine rings is 1. The summed E-state index contributed by atoms with van der Waals surface area (Å²) in [6.45, 7) is 1.31. The number of hydrogen-bond donors (Lipinski definition) is 1. The average Bonchev–Trinajstić information content (AvgIpc) is 2.98. The van der Waals surface area contributed by atoms with Gasteiger partial charge >= 0.3 is 0 Å². The zero-order valence-electron chi connectivity index (χ0n) is 12.7. The van der Waals surface area contributed by atoms with Crippen LogP contribution >= 0.6 is 11.3 Å². The number of hydrogen-bond acceptors (Lipinski definition) is 5. The van der Waals surface area contributed by atoms with Crippen molar-refractivity contribution < 1.29 is 9.53 Å². The van der Waals surface area contributed by atoms with Crippen LogP contribution in [0.15, 0.2) is 29.9 Å². The molecule has 2 heterocycles. The first-order valence-electron chi connectivity index (χ1n) is 7.35. The number of aromatic nitrogens is 2. The van der Waals surface area contributed by atoms with E-state index in [1.165, 1.54) is 5.56 Å². The predicted octanol–water partition coefficient (Wildman–Crippen LogP) is 2.02. The third kappa shape index (κ3) is 5.91. The number of carbonyl (C=O) groups excluding carboxylic acids is 1. The molecule has 2 rings (SSSR count). The molecular weight excluding hydrogens is 298 g/mol. The summed E-state index contributed by atoms with van der Waals surface area (Å²) in [6, 6.07) is 4.03. The van der Waals surface area contributed by atoms with E-state index >= 15 is 0 Å². The Balaban J connectivity index is 1.73. The van der Waals surface area contributed by atoms with Gasteiger partial charge in [-0.05, 0) is 30.5 Å². The predicted molar refractivity (Wildman–Crippen MR) is 87.0 cm³/mol. The molecule has 0 fully saturated rings. The van der Waals surface area contributed by atoms with Crippen molar-refractivity contribution in [1.29, 1.82) is 0 Å². The minimum Gasteiger partial charge on any atom is -0.385 e. The standard InChI is InChI=1S/C16H21N3O2S/c1-21-10-2-7-18-15(20)11-14-12-22-16(19-14)4-3-13-5-8-17-9-6-13/h5-6,8-9,12H,2-4,7,10-11H2,1H3,(H,18,20). The van der Waals surface area contributed by atoms with E-state index in [-0.39, 0.29) is 5.91 Å². The number of nitrogens with zero attached hydrogens (tertiary/aromatic N) is 2. The van der Waals surface area contributed by atoms with Crippen LogP contribution < -0.4 is 5.32 Å². The Morgan fingerprint density at radius 1 is 1.32 bits per heavy atom. The van der Waals surface area contributed by atoms with Crippen LogP contribution in [0, 0.1) is 0 Å². The maximum absolute atomic E-state index is 11.8. The minimum absolute atomic E-state index is 0.0158. The second-order valence-electron chi connectivity index (χ2n) is 4.96. The van der Waals surface area contributed by atoms with Gasteiger partial charge in [-0.15, -0.1) is 11.3 Å². The molecule has 0 spiro atoms. The summed E-state index contributed by atoms with van der Waals surface area (Å²) in [5.74, 6) is 0.0158. The smallest absolute Gasteiger partial charge is 0.226 e. The molecule has 0 aliphatic carbocycles. The molecule has 0 saturated carbocycles. The first-order chi connectivity index (χ1) is 10.8. The van der Waals surface area contributed by atoms with Gasteiger partial charge in [-0.2, -0.15) is 0 Å². The van der Waals surface area contributed by atoms with Crippen molar-refractivity contribution in [2.24, 2.45) is 0 Å². The first-order valence-corrected chi connectivity index (χ1v) is 8.23. The van der Waals surface area contributed by atoms with Crippen LogP contribution in [0.5, 0.6) is 0 Å². The van der Waals surface area contributed by atoms with Crippen molar-refractivity contribution in [3.63, 3.8) is 0 Å². The maximum atomic E-state index is 11.8. The molecule has 0 unspecified atom stereocenters. The summed E-state index contributed by atoms with van der Waals surface area (Å²) in [5.41, 5.74) is 2.10. The van der Waals surface area contributed by atoms with E-state index in [4.69, 9.17) is 4.74 Å². The molecule has 0 aliphatic rings. The lowest BCUT2D eigenvalue weighted by atomic mass is 10.1. The molecule has 0 atom stereocenters. The van der Waals surface area contributed by atoms with Crippen LogP contribution in [0.25, 0.3) is 0 Å².